The third-order valence-corrected chi connectivity index (χ3v) is 3.68. The number of thiophene rings is 1. The molecule has 0 aliphatic rings. The standard InChI is InChI=1S/C12H10Cl2N2S/c1-8(11-5-6-12(14)17-11)15-16-10-4-2-3-9(13)7-10/h2-7,16H,1H3/b15-8-. The zero-order valence-electron chi connectivity index (χ0n) is 9.08. The number of nitrogens with zero attached hydrogens (tertiary/aromatic N) is 1. The summed E-state index contributed by atoms with van der Waals surface area (Å²) in [5, 5.41) is 4.96. The van der Waals surface area contributed by atoms with E-state index in [0.29, 0.717) is 5.02 Å². The van der Waals surface area contributed by atoms with Crippen LogP contribution in [-0.2, 0) is 0 Å². The fourth-order valence-corrected chi connectivity index (χ4v) is 2.45. The number of anilines is 1. The maximum absolute atomic E-state index is 5.88. The highest BCUT2D eigenvalue weighted by molar-refractivity contribution is 7.18. The molecule has 1 heterocycles. The minimum atomic E-state index is 0.682. The largest absolute Gasteiger partial charge is 0.278 e. The molecule has 0 saturated carbocycles. The predicted molar refractivity (Wildman–Crippen MR) is 76.6 cm³/mol. The van der Waals surface area contributed by atoms with Gasteiger partial charge >= 0.3 is 0 Å². The maximum Gasteiger partial charge on any atom is 0.0935 e. The molecule has 88 valence electrons. The number of hydrogen-bond donors (Lipinski definition) is 1. The van der Waals surface area contributed by atoms with Crippen molar-refractivity contribution < 1.29 is 0 Å². The van der Waals surface area contributed by atoms with Crippen molar-refractivity contribution in [3.05, 3.63) is 50.6 Å². The van der Waals surface area contributed by atoms with Gasteiger partial charge < -0.3 is 0 Å². The zero-order valence-corrected chi connectivity index (χ0v) is 11.4. The van der Waals surface area contributed by atoms with Crippen LogP contribution in [0.5, 0.6) is 0 Å². The van der Waals surface area contributed by atoms with Gasteiger partial charge in [-0.3, -0.25) is 5.43 Å². The monoisotopic (exact) mass is 284 g/mol. The molecule has 0 aliphatic carbocycles. The molecule has 0 bridgehead atoms. The lowest BCUT2D eigenvalue weighted by Crippen LogP contribution is -1.97. The number of halogens is 2. The summed E-state index contributed by atoms with van der Waals surface area (Å²) < 4.78 is 0.761. The Balaban J connectivity index is 2.10. The lowest BCUT2D eigenvalue weighted by molar-refractivity contribution is 1.33. The van der Waals surface area contributed by atoms with Crippen LogP contribution in [0.1, 0.15) is 11.8 Å². The van der Waals surface area contributed by atoms with Crippen LogP contribution < -0.4 is 5.43 Å². The molecule has 2 nitrogen and oxygen atoms in total. The fraction of sp³-hybridized carbons (Fsp3) is 0.0833. The van der Waals surface area contributed by atoms with Crippen LogP contribution in [-0.4, -0.2) is 5.71 Å². The first-order valence-electron chi connectivity index (χ1n) is 4.97. The molecule has 0 fully saturated rings. The van der Waals surface area contributed by atoms with E-state index >= 15 is 0 Å². The van der Waals surface area contributed by atoms with Crippen molar-refractivity contribution >= 4 is 45.9 Å². The third kappa shape index (κ3) is 3.46. The highest BCUT2D eigenvalue weighted by atomic mass is 35.5. The molecule has 0 radical (unpaired) electrons. The molecule has 0 atom stereocenters. The van der Waals surface area contributed by atoms with Crippen molar-refractivity contribution in [3.8, 4) is 0 Å². The van der Waals surface area contributed by atoms with Gasteiger partial charge in [-0.25, -0.2) is 0 Å². The minimum absolute atomic E-state index is 0.682. The molecular formula is C12H10Cl2N2S. The maximum atomic E-state index is 5.88. The minimum Gasteiger partial charge on any atom is -0.278 e. The number of hydrazone groups is 1. The van der Waals surface area contributed by atoms with Crippen molar-refractivity contribution in [3.63, 3.8) is 0 Å². The lowest BCUT2D eigenvalue weighted by Gasteiger charge is -2.02. The lowest BCUT2D eigenvalue weighted by atomic mass is 10.3. The van der Waals surface area contributed by atoms with E-state index in [1.807, 2.05) is 43.3 Å². The topological polar surface area (TPSA) is 24.4 Å². The molecule has 1 aromatic carbocycles. The molecule has 17 heavy (non-hydrogen) atoms. The van der Waals surface area contributed by atoms with Gasteiger partial charge in [0.25, 0.3) is 0 Å². The van der Waals surface area contributed by atoms with Crippen molar-refractivity contribution in [2.24, 2.45) is 5.10 Å². The van der Waals surface area contributed by atoms with E-state index in [0.717, 1.165) is 20.6 Å². The molecular weight excluding hydrogens is 275 g/mol. The Labute approximate surface area is 114 Å². The van der Waals surface area contributed by atoms with Gasteiger partial charge in [-0.05, 0) is 37.3 Å². The molecule has 0 spiro atoms. The Hall–Kier alpha value is -1.03. The third-order valence-electron chi connectivity index (χ3n) is 2.11. The SMILES string of the molecule is C/C(=N/Nc1cccc(Cl)c1)c1ccc(Cl)s1. The number of rotatable bonds is 3. The van der Waals surface area contributed by atoms with E-state index in [2.05, 4.69) is 10.5 Å². The molecule has 2 aromatic rings. The Morgan fingerprint density at radius 3 is 2.71 bits per heavy atom. The van der Waals surface area contributed by atoms with Gasteiger partial charge in [-0.1, -0.05) is 29.3 Å². The van der Waals surface area contributed by atoms with Crippen LogP contribution in [0.3, 0.4) is 0 Å². The average Bonchev–Trinajstić information content (AvgIpc) is 2.73. The zero-order chi connectivity index (χ0) is 12.3. The summed E-state index contributed by atoms with van der Waals surface area (Å²) in [6.45, 7) is 1.93. The summed E-state index contributed by atoms with van der Waals surface area (Å²) in [5.74, 6) is 0. The van der Waals surface area contributed by atoms with Gasteiger partial charge in [-0.2, -0.15) is 5.10 Å². The van der Waals surface area contributed by atoms with Crippen LogP contribution in [0.15, 0.2) is 41.5 Å². The van der Waals surface area contributed by atoms with Crippen LogP contribution in [0.2, 0.25) is 9.36 Å². The normalized spacial score (nSPS) is 11.6. The predicted octanol–water partition coefficient (Wildman–Crippen LogP) is 4.89. The number of nitrogens with one attached hydrogen (secondary N) is 1. The first-order valence-corrected chi connectivity index (χ1v) is 6.54. The Kier molecular flexibility index (Phi) is 4.05. The van der Waals surface area contributed by atoms with Crippen molar-refractivity contribution in [2.45, 2.75) is 6.92 Å². The summed E-state index contributed by atoms with van der Waals surface area (Å²) in [7, 11) is 0. The summed E-state index contributed by atoms with van der Waals surface area (Å²) in [6.07, 6.45) is 0. The van der Waals surface area contributed by atoms with Gasteiger partial charge in [0, 0.05) is 5.02 Å². The molecule has 1 N–H and O–H groups in total. The van der Waals surface area contributed by atoms with Crippen molar-refractivity contribution in [1.82, 2.24) is 0 Å². The molecule has 1 aromatic heterocycles. The van der Waals surface area contributed by atoms with Gasteiger partial charge in [0.1, 0.15) is 0 Å². The van der Waals surface area contributed by atoms with Crippen LogP contribution >= 0.6 is 34.5 Å². The van der Waals surface area contributed by atoms with Gasteiger partial charge in [-0.15, -0.1) is 11.3 Å². The first kappa shape index (κ1) is 12.4. The highest BCUT2D eigenvalue weighted by Gasteiger charge is 2.01. The molecule has 0 amide bonds. The number of benzene rings is 1. The summed E-state index contributed by atoms with van der Waals surface area (Å²) >= 11 is 13.2. The fourth-order valence-electron chi connectivity index (χ4n) is 1.27. The van der Waals surface area contributed by atoms with Gasteiger partial charge in [0.15, 0.2) is 0 Å². The highest BCUT2D eigenvalue weighted by Crippen LogP contribution is 2.22. The van der Waals surface area contributed by atoms with E-state index in [9.17, 15) is 0 Å². The Morgan fingerprint density at radius 2 is 2.06 bits per heavy atom. The van der Waals surface area contributed by atoms with E-state index in [1.54, 1.807) is 0 Å². The second kappa shape index (κ2) is 5.54. The quantitative estimate of drug-likeness (QED) is 0.630. The van der Waals surface area contributed by atoms with E-state index in [-0.39, 0.29) is 0 Å². The van der Waals surface area contributed by atoms with E-state index < -0.39 is 0 Å². The van der Waals surface area contributed by atoms with Crippen molar-refractivity contribution in [2.75, 3.05) is 5.43 Å². The van der Waals surface area contributed by atoms with Crippen LogP contribution in [0.4, 0.5) is 5.69 Å². The van der Waals surface area contributed by atoms with Crippen LogP contribution in [0, 0.1) is 0 Å². The average molecular weight is 285 g/mol. The molecule has 2 rings (SSSR count). The van der Waals surface area contributed by atoms with Crippen molar-refractivity contribution in [1.29, 1.82) is 0 Å². The number of hydrogen-bond acceptors (Lipinski definition) is 3. The summed E-state index contributed by atoms with van der Waals surface area (Å²) in [4.78, 5) is 1.05. The van der Waals surface area contributed by atoms with Gasteiger partial charge in [0.2, 0.25) is 0 Å². The van der Waals surface area contributed by atoms with E-state index in [1.165, 1.54) is 11.3 Å². The second-order valence-corrected chi connectivity index (χ2v) is 5.57. The summed E-state index contributed by atoms with van der Waals surface area (Å²) in [6, 6.07) is 11.2. The summed E-state index contributed by atoms with van der Waals surface area (Å²) in [5.41, 5.74) is 4.71. The van der Waals surface area contributed by atoms with Crippen LogP contribution in [0.25, 0.3) is 0 Å². The molecule has 0 unspecified atom stereocenters. The second-order valence-electron chi connectivity index (χ2n) is 3.42. The molecule has 0 aliphatic heterocycles. The first-order chi connectivity index (χ1) is 8.15. The smallest absolute Gasteiger partial charge is 0.0935 e. The molecule has 0 saturated heterocycles. The molecule has 5 heteroatoms. The van der Waals surface area contributed by atoms with Gasteiger partial charge in [0.05, 0.1) is 20.6 Å². The van der Waals surface area contributed by atoms with E-state index in [4.69, 9.17) is 23.2 Å². The Bertz CT molecular complexity index is 549. The Morgan fingerprint density at radius 1 is 1.24 bits per heavy atom.